The maximum Gasteiger partial charge on any atom is 0.295 e. The van der Waals surface area contributed by atoms with Crippen molar-refractivity contribution in [3.63, 3.8) is 0 Å². The van der Waals surface area contributed by atoms with Crippen LogP contribution in [0, 0.1) is 5.82 Å². The van der Waals surface area contributed by atoms with Crippen molar-refractivity contribution in [2.45, 2.75) is 12.6 Å². The van der Waals surface area contributed by atoms with E-state index in [1.165, 1.54) is 24.1 Å². The molecule has 1 amide bonds. The fourth-order valence-electron chi connectivity index (χ4n) is 4.34. The molecule has 37 heavy (non-hydrogen) atoms. The lowest BCUT2D eigenvalue weighted by Crippen LogP contribution is -2.32. The van der Waals surface area contributed by atoms with Crippen molar-refractivity contribution in [1.29, 1.82) is 0 Å². The highest BCUT2D eigenvalue weighted by Crippen LogP contribution is 2.41. The molecule has 3 aromatic carbocycles. The number of likely N-dealkylation sites (tertiary alicyclic amines) is 1. The van der Waals surface area contributed by atoms with E-state index < -0.39 is 17.7 Å². The summed E-state index contributed by atoms with van der Waals surface area (Å²) >= 11 is 0. The van der Waals surface area contributed by atoms with Gasteiger partial charge in [0.15, 0.2) is 11.5 Å². The molecule has 0 aliphatic carbocycles. The van der Waals surface area contributed by atoms with Gasteiger partial charge in [0.1, 0.15) is 23.9 Å². The molecule has 2 heterocycles. The van der Waals surface area contributed by atoms with Crippen molar-refractivity contribution in [2.24, 2.45) is 0 Å². The Hall–Kier alpha value is -4.37. The van der Waals surface area contributed by atoms with Gasteiger partial charge in [-0.3, -0.25) is 9.59 Å². The number of Topliss-reactive ketones (excluding diaryl/α,β-unsaturated/α-hetero) is 1. The third-order valence-corrected chi connectivity index (χ3v) is 6.24. The Labute approximate surface area is 212 Å². The van der Waals surface area contributed by atoms with Gasteiger partial charge in [0.05, 0.1) is 18.2 Å². The summed E-state index contributed by atoms with van der Waals surface area (Å²) in [5.41, 5.74) is 1.73. The van der Waals surface area contributed by atoms with Gasteiger partial charge in [-0.1, -0.05) is 24.3 Å². The van der Waals surface area contributed by atoms with Crippen LogP contribution in [0.2, 0.25) is 0 Å². The smallest absolute Gasteiger partial charge is 0.295 e. The van der Waals surface area contributed by atoms with E-state index in [-0.39, 0.29) is 43.7 Å². The number of hydrogen-bond acceptors (Lipinski definition) is 7. The third-order valence-electron chi connectivity index (χ3n) is 6.24. The second-order valence-corrected chi connectivity index (χ2v) is 8.54. The summed E-state index contributed by atoms with van der Waals surface area (Å²) in [6.45, 7) is 0.686. The number of benzene rings is 3. The highest BCUT2D eigenvalue weighted by molar-refractivity contribution is 6.46. The average molecular weight is 505 g/mol. The molecule has 2 aliphatic heterocycles. The van der Waals surface area contributed by atoms with Crippen LogP contribution < -0.4 is 14.2 Å². The lowest BCUT2D eigenvalue weighted by atomic mass is 9.95. The molecule has 1 fully saturated rings. The summed E-state index contributed by atoms with van der Waals surface area (Å²) in [7, 11) is 1.51. The zero-order valence-corrected chi connectivity index (χ0v) is 20.0. The second kappa shape index (κ2) is 10.3. The SMILES string of the molecule is COCCN1C(=O)C(=O)/C(=C(\O)c2ccc3c(c2)OCO3)C1c1ccc(OCc2ccc(F)cc2)cc1. The van der Waals surface area contributed by atoms with Crippen molar-refractivity contribution >= 4 is 17.4 Å². The van der Waals surface area contributed by atoms with Gasteiger partial charge in [0.2, 0.25) is 6.79 Å². The van der Waals surface area contributed by atoms with E-state index in [1.807, 2.05) is 0 Å². The largest absolute Gasteiger partial charge is 0.507 e. The van der Waals surface area contributed by atoms with Crippen molar-refractivity contribution in [3.8, 4) is 17.2 Å². The van der Waals surface area contributed by atoms with Crippen molar-refractivity contribution in [3.05, 3.63) is 94.8 Å². The van der Waals surface area contributed by atoms with E-state index >= 15 is 0 Å². The van der Waals surface area contributed by atoms with Crippen molar-refractivity contribution < 1.29 is 38.0 Å². The maximum absolute atomic E-state index is 13.1. The second-order valence-electron chi connectivity index (χ2n) is 8.54. The molecule has 1 unspecified atom stereocenters. The van der Waals surface area contributed by atoms with E-state index in [0.29, 0.717) is 28.4 Å². The maximum atomic E-state index is 13.1. The van der Waals surface area contributed by atoms with Crippen LogP contribution in [-0.4, -0.2) is 48.8 Å². The number of aliphatic hydroxyl groups excluding tert-OH is 1. The summed E-state index contributed by atoms with van der Waals surface area (Å²) in [6.07, 6.45) is 0. The quantitative estimate of drug-likeness (QED) is 0.279. The van der Waals surface area contributed by atoms with Crippen LogP contribution in [0.1, 0.15) is 22.7 Å². The van der Waals surface area contributed by atoms with Crippen LogP contribution >= 0.6 is 0 Å². The number of rotatable bonds is 8. The zero-order valence-electron chi connectivity index (χ0n) is 20.0. The number of nitrogens with zero attached hydrogens (tertiary/aromatic N) is 1. The Balaban J connectivity index is 1.46. The van der Waals surface area contributed by atoms with Crippen LogP contribution in [-0.2, 0) is 20.9 Å². The highest BCUT2D eigenvalue weighted by atomic mass is 19.1. The van der Waals surface area contributed by atoms with E-state index in [1.54, 1.807) is 54.6 Å². The molecule has 1 atom stereocenters. The lowest BCUT2D eigenvalue weighted by Gasteiger charge is -2.25. The first kappa shape index (κ1) is 24.3. The Morgan fingerprint density at radius 3 is 2.49 bits per heavy atom. The number of fused-ring (bicyclic) bond motifs is 1. The first-order valence-electron chi connectivity index (χ1n) is 11.6. The average Bonchev–Trinajstić information content (AvgIpc) is 3.49. The van der Waals surface area contributed by atoms with Crippen LogP contribution in [0.4, 0.5) is 4.39 Å². The standard InChI is InChI=1S/C28H24FNO7/c1-34-13-12-30-25(18-4-9-21(10-5-18)35-15-17-2-7-20(29)8-3-17)24(27(32)28(30)33)26(31)19-6-11-22-23(14-19)37-16-36-22/h2-11,14,25,31H,12-13,15-16H2,1H3/b26-24-. The fraction of sp³-hybridized carbons (Fsp3) is 0.214. The molecule has 2 aliphatic rings. The number of amides is 1. The topological polar surface area (TPSA) is 94.5 Å². The molecule has 3 aromatic rings. The van der Waals surface area contributed by atoms with Gasteiger partial charge in [0, 0.05) is 19.2 Å². The normalized spacial score (nSPS) is 17.9. The Bertz CT molecular complexity index is 1350. The molecule has 1 saturated heterocycles. The molecule has 8 nitrogen and oxygen atoms in total. The predicted octanol–water partition coefficient (Wildman–Crippen LogP) is 4.20. The van der Waals surface area contributed by atoms with Gasteiger partial charge in [-0.25, -0.2) is 4.39 Å². The van der Waals surface area contributed by atoms with E-state index in [0.717, 1.165) is 5.56 Å². The van der Waals surface area contributed by atoms with Crippen LogP contribution in [0.25, 0.3) is 5.76 Å². The molecular weight excluding hydrogens is 481 g/mol. The predicted molar refractivity (Wildman–Crippen MR) is 131 cm³/mol. The van der Waals surface area contributed by atoms with E-state index in [4.69, 9.17) is 18.9 Å². The van der Waals surface area contributed by atoms with Gasteiger partial charge in [-0.2, -0.15) is 0 Å². The van der Waals surface area contributed by atoms with Gasteiger partial charge >= 0.3 is 0 Å². The number of ether oxygens (including phenoxy) is 4. The molecular formula is C28H24FNO7. The number of carbonyl (C=O) groups excluding carboxylic acids is 2. The van der Waals surface area contributed by atoms with Crippen LogP contribution in [0.3, 0.4) is 0 Å². The Kier molecular flexibility index (Phi) is 6.78. The van der Waals surface area contributed by atoms with Crippen molar-refractivity contribution in [2.75, 3.05) is 27.1 Å². The monoisotopic (exact) mass is 505 g/mol. The summed E-state index contributed by atoms with van der Waals surface area (Å²) in [5, 5.41) is 11.2. The van der Waals surface area contributed by atoms with Crippen molar-refractivity contribution in [1.82, 2.24) is 4.90 Å². The summed E-state index contributed by atoms with van der Waals surface area (Å²) < 4.78 is 34.8. The Morgan fingerprint density at radius 1 is 1.03 bits per heavy atom. The van der Waals surface area contributed by atoms with Gasteiger partial charge in [-0.15, -0.1) is 0 Å². The minimum Gasteiger partial charge on any atom is -0.507 e. The molecule has 9 heteroatoms. The summed E-state index contributed by atoms with van der Waals surface area (Å²) in [4.78, 5) is 27.4. The number of carbonyl (C=O) groups is 2. The number of ketones is 1. The molecule has 5 rings (SSSR count). The third kappa shape index (κ3) is 4.85. The van der Waals surface area contributed by atoms with Gasteiger partial charge in [-0.05, 0) is 53.6 Å². The molecule has 0 aromatic heterocycles. The molecule has 1 N–H and O–H groups in total. The molecule has 0 spiro atoms. The number of halogens is 1. The molecule has 0 saturated carbocycles. The van der Waals surface area contributed by atoms with Gasteiger partial charge < -0.3 is 29.0 Å². The first-order valence-corrected chi connectivity index (χ1v) is 11.6. The fourth-order valence-corrected chi connectivity index (χ4v) is 4.34. The Morgan fingerprint density at radius 2 is 1.76 bits per heavy atom. The molecule has 0 radical (unpaired) electrons. The van der Waals surface area contributed by atoms with Gasteiger partial charge in [0.25, 0.3) is 11.7 Å². The summed E-state index contributed by atoms with van der Waals surface area (Å²) in [6, 6.07) is 16.9. The highest BCUT2D eigenvalue weighted by Gasteiger charge is 2.46. The lowest BCUT2D eigenvalue weighted by molar-refractivity contribution is -0.140. The number of aliphatic hydroxyl groups is 1. The summed E-state index contributed by atoms with van der Waals surface area (Å²) in [5.74, 6) is -0.605. The van der Waals surface area contributed by atoms with E-state index in [9.17, 15) is 19.1 Å². The molecule has 190 valence electrons. The minimum atomic E-state index is -0.827. The number of methoxy groups -OCH3 is 1. The zero-order chi connectivity index (χ0) is 25.9. The first-order chi connectivity index (χ1) is 18.0. The van der Waals surface area contributed by atoms with Crippen LogP contribution in [0.5, 0.6) is 17.2 Å². The molecule has 0 bridgehead atoms. The van der Waals surface area contributed by atoms with E-state index in [2.05, 4.69) is 0 Å². The number of hydrogen-bond donors (Lipinski definition) is 1. The minimum absolute atomic E-state index is 0.0278. The van der Waals surface area contributed by atoms with Crippen LogP contribution in [0.15, 0.2) is 72.3 Å².